The highest BCUT2D eigenvalue weighted by atomic mass is 79.9. The Balaban J connectivity index is 1.84. The Morgan fingerprint density at radius 1 is 1.15 bits per heavy atom. The second-order valence-electron chi connectivity index (χ2n) is 4.26. The lowest BCUT2D eigenvalue weighted by molar-refractivity contribution is 0.423. The summed E-state index contributed by atoms with van der Waals surface area (Å²) in [5.41, 5.74) is 7.98. The van der Waals surface area contributed by atoms with Crippen LogP contribution in [0, 0.1) is 0 Å². The molecule has 2 aromatic heterocycles. The van der Waals surface area contributed by atoms with Crippen LogP contribution in [0.5, 0.6) is 0 Å². The van der Waals surface area contributed by atoms with Gasteiger partial charge >= 0.3 is 0 Å². The van der Waals surface area contributed by atoms with Gasteiger partial charge in [0.2, 0.25) is 0 Å². The average Bonchev–Trinajstić information content (AvgIpc) is 2.90. The number of aromatic nitrogens is 3. The first kappa shape index (κ1) is 12.8. The van der Waals surface area contributed by atoms with Crippen LogP contribution in [0.1, 0.15) is 11.4 Å². The third kappa shape index (κ3) is 2.70. The van der Waals surface area contributed by atoms with Crippen molar-refractivity contribution in [2.24, 2.45) is 0 Å². The lowest BCUT2D eigenvalue weighted by Gasteiger charge is -1.97. The molecule has 0 fully saturated rings. The van der Waals surface area contributed by atoms with Crippen LogP contribution < -0.4 is 5.73 Å². The van der Waals surface area contributed by atoms with Crippen LogP contribution in [0.15, 0.2) is 51.6 Å². The number of nitrogens with zero attached hydrogens (tertiary/aromatic N) is 3. The molecule has 20 heavy (non-hydrogen) atoms. The van der Waals surface area contributed by atoms with E-state index in [4.69, 9.17) is 10.3 Å². The Morgan fingerprint density at radius 3 is 2.70 bits per heavy atom. The fraction of sp³-hybridized carbons (Fsp3) is 0.0714. The summed E-state index contributed by atoms with van der Waals surface area (Å²) in [6.45, 7) is 0. The SMILES string of the molecule is Nc1cccnc1-c1nc(Cc2ccc(Br)cc2)no1. The van der Waals surface area contributed by atoms with Gasteiger partial charge in [-0.3, -0.25) is 0 Å². The van der Waals surface area contributed by atoms with Gasteiger partial charge in [-0.2, -0.15) is 4.98 Å². The molecule has 0 aliphatic heterocycles. The van der Waals surface area contributed by atoms with E-state index in [1.54, 1.807) is 18.3 Å². The fourth-order valence-electron chi connectivity index (χ4n) is 1.80. The number of benzene rings is 1. The van der Waals surface area contributed by atoms with Crippen LogP contribution in [0.25, 0.3) is 11.6 Å². The molecule has 3 aromatic rings. The van der Waals surface area contributed by atoms with Gasteiger partial charge < -0.3 is 10.3 Å². The Hall–Kier alpha value is -2.21. The summed E-state index contributed by atoms with van der Waals surface area (Å²) < 4.78 is 6.25. The van der Waals surface area contributed by atoms with Crippen molar-refractivity contribution < 1.29 is 4.52 Å². The number of hydrogen-bond acceptors (Lipinski definition) is 5. The van der Waals surface area contributed by atoms with Crippen molar-refractivity contribution in [2.75, 3.05) is 5.73 Å². The minimum Gasteiger partial charge on any atom is -0.397 e. The van der Waals surface area contributed by atoms with E-state index in [9.17, 15) is 0 Å². The van der Waals surface area contributed by atoms with Crippen LogP contribution >= 0.6 is 15.9 Å². The molecule has 0 unspecified atom stereocenters. The van der Waals surface area contributed by atoms with E-state index in [0.717, 1.165) is 10.0 Å². The van der Waals surface area contributed by atoms with E-state index in [0.29, 0.717) is 29.5 Å². The second kappa shape index (κ2) is 5.42. The first-order chi connectivity index (χ1) is 9.72. The van der Waals surface area contributed by atoms with Gasteiger partial charge in [0, 0.05) is 17.1 Å². The number of nitrogen functional groups attached to an aromatic ring is 1. The van der Waals surface area contributed by atoms with Crippen molar-refractivity contribution in [1.82, 2.24) is 15.1 Å². The average molecular weight is 331 g/mol. The molecule has 2 N–H and O–H groups in total. The maximum Gasteiger partial charge on any atom is 0.278 e. The summed E-state index contributed by atoms with van der Waals surface area (Å²) >= 11 is 3.40. The van der Waals surface area contributed by atoms with E-state index in [1.165, 1.54) is 0 Å². The van der Waals surface area contributed by atoms with E-state index in [1.807, 2.05) is 24.3 Å². The molecule has 6 heteroatoms. The van der Waals surface area contributed by atoms with Crippen LogP contribution in [0.3, 0.4) is 0 Å². The van der Waals surface area contributed by atoms with Crippen LogP contribution in [-0.2, 0) is 6.42 Å². The van der Waals surface area contributed by atoms with Crippen LogP contribution in [0.2, 0.25) is 0 Å². The minimum absolute atomic E-state index is 0.343. The Morgan fingerprint density at radius 2 is 1.95 bits per heavy atom. The monoisotopic (exact) mass is 330 g/mol. The number of halogens is 1. The van der Waals surface area contributed by atoms with Gasteiger partial charge in [0.25, 0.3) is 5.89 Å². The molecule has 0 saturated carbocycles. The molecule has 0 amide bonds. The highest BCUT2D eigenvalue weighted by molar-refractivity contribution is 9.10. The molecular weight excluding hydrogens is 320 g/mol. The first-order valence-corrected chi connectivity index (χ1v) is 6.79. The summed E-state index contributed by atoms with van der Waals surface area (Å²) in [7, 11) is 0. The summed E-state index contributed by atoms with van der Waals surface area (Å²) in [5, 5.41) is 3.96. The van der Waals surface area contributed by atoms with Crippen molar-refractivity contribution in [3.05, 3.63) is 58.5 Å². The molecule has 2 heterocycles. The minimum atomic E-state index is 0.343. The predicted octanol–water partition coefficient (Wildman–Crippen LogP) is 3.07. The van der Waals surface area contributed by atoms with Gasteiger partial charge in [-0.1, -0.05) is 33.2 Å². The van der Waals surface area contributed by atoms with Gasteiger partial charge in [0.15, 0.2) is 11.5 Å². The fourth-order valence-corrected chi connectivity index (χ4v) is 2.07. The molecule has 0 aliphatic rings. The van der Waals surface area contributed by atoms with Gasteiger partial charge in [-0.25, -0.2) is 4.98 Å². The van der Waals surface area contributed by atoms with Crippen LogP contribution in [-0.4, -0.2) is 15.1 Å². The molecule has 0 aliphatic carbocycles. The molecule has 0 bridgehead atoms. The lowest BCUT2D eigenvalue weighted by atomic mass is 10.1. The highest BCUT2D eigenvalue weighted by Gasteiger charge is 2.12. The Labute approximate surface area is 124 Å². The molecule has 0 saturated heterocycles. The van der Waals surface area contributed by atoms with Gasteiger partial charge in [-0.15, -0.1) is 0 Å². The summed E-state index contributed by atoms with van der Waals surface area (Å²) in [6, 6.07) is 11.5. The zero-order valence-corrected chi connectivity index (χ0v) is 12.0. The van der Waals surface area contributed by atoms with Crippen molar-refractivity contribution in [2.45, 2.75) is 6.42 Å². The number of nitrogens with two attached hydrogens (primary N) is 1. The maximum absolute atomic E-state index is 5.84. The third-order valence-electron chi connectivity index (χ3n) is 2.79. The highest BCUT2D eigenvalue weighted by Crippen LogP contribution is 2.21. The van der Waals surface area contributed by atoms with Crippen molar-refractivity contribution in [3.8, 4) is 11.6 Å². The molecule has 3 rings (SSSR count). The molecule has 5 nitrogen and oxygen atoms in total. The van der Waals surface area contributed by atoms with Crippen molar-refractivity contribution >= 4 is 21.6 Å². The maximum atomic E-state index is 5.84. The Kier molecular flexibility index (Phi) is 3.47. The predicted molar refractivity (Wildman–Crippen MR) is 78.9 cm³/mol. The Bertz CT molecular complexity index is 724. The van der Waals surface area contributed by atoms with E-state index >= 15 is 0 Å². The quantitative estimate of drug-likeness (QED) is 0.798. The topological polar surface area (TPSA) is 77.8 Å². The largest absolute Gasteiger partial charge is 0.397 e. The van der Waals surface area contributed by atoms with Crippen LogP contribution in [0.4, 0.5) is 5.69 Å². The van der Waals surface area contributed by atoms with Gasteiger partial charge in [-0.05, 0) is 29.8 Å². The standard InChI is InChI=1S/C14H11BrN4O/c15-10-5-3-9(4-6-10)8-12-18-14(20-19-12)13-11(16)2-1-7-17-13/h1-7H,8,16H2. The van der Waals surface area contributed by atoms with Gasteiger partial charge in [0.05, 0.1) is 5.69 Å². The smallest absolute Gasteiger partial charge is 0.278 e. The summed E-state index contributed by atoms with van der Waals surface area (Å²) in [4.78, 5) is 8.48. The van der Waals surface area contributed by atoms with Gasteiger partial charge in [0.1, 0.15) is 0 Å². The van der Waals surface area contributed by atoms with E-state index in [2.05, 4.69) is 31.1 Å². The molecule has 0 atom stereocenters. The van der Waals surface area contributed by atoms with E-state index in [-0.39, 0.29) is 0 Å². The number of pyridine rings is 1. The lowest BCUT2D eigenvalue weighted by Crippen LogP contribution is -1.94. The van der Waals surface area contributed by atoms with E-state index < -0.39 is 0 Å². The summed E-state index contributed by atoms with van der Waals surface area (Å²) in [6.07, 6.45) is 2.24. The molecule has 0 spiro atoms. The molecular formula is C14H11BrN4O. The molecule has 1 aromatic carbocycles. The third-order valence-corrected chi connectivity index (χ3v) is 3.31. The van der Waals surface area contributed by atoms with Crippen molar-refractivity contribution in [3.63, 3.8) is 0 Å². The number of anilines is 1. The zero-order chi connectivity index (χ0) is 13.9. The first-order valence-electron chi connectivity index (χ1n) is 6.00. The normalized spacial score (nSPS) is 10.7. The van der Waals surface area contributed by atoms with Crippen molar-refractivity contribution in [1.29, 1.82) is 0 Å². The number of rotatable bonds is 3. The zero-order valence-electron chi connectivity index (χ0n) is 10.5. The second-order valence-corrected chi connectivity index (χ2v) is 5.18. The summed E-state index contributed by atoms with van der Waals surface area (Å²) in [5.74, 6) is 0.947. The molecule has 100 valence electrons. The number of hydrogen-bond donors (Lipinski definition) is 1. The molecule has 0 radical (unpaired) electrons.